The van der Waals surface area contributed by atoms with Gasteiger partial charge in [-0.15, -0.1) is 0 Å². The second-order valence-electron chi connectivity index (χ2n) is 7.31. The van der Waals surface area contributed by atoms with Crippen LogP contribution in [0.2, 0.25) is 0 Å². The van der Waals surface area contributed by atoms with Gasteiger partial charge in [-0.05, 0) is 37.3 Å². The highest BCUT2D eigenvalue weighted by atomic mass is 32.2. The number of carbonyl (C=O) groups excluding carboxylic acids is 1. The molecule has 10 heteroatoms. The SMILES string of the molecule is CCn1c(COC(=O)c2ccccc2NC)nc2cc(S(=O)(=O)N3CCOCC3)ccc21. The molecule has 0 saturated carbocycles. The van der Waals surface area contributed by atoms with Crippen molar-refractivity contribution in [2.75, 3.05) is 38.7 Å². The Labute approximate surface area is 187 Å². The number of hydrogen-bond acceptors (Lipinski definition) is 7. The summed E-state index contributed by atoms with van der Waals surface area (Å²) in [6.07, 6.45) is 0. The molecule has 1 aromatic heterocycles. The molecule has 1 aliphatic rings. The van der Waals surface area contributed by atoms with Crippen LogP contribution in [0, 0.1) is 0 Å². The number of rotatable bonds is 7. The second-order valence-corrected chi connectivity index (χ2v) is 9.25. The first kappa shape index (κ1) is 22.3. The molecule has 3 aromatic rings. The summed E-state index contributed by atoms with van der Waals surface area (Å²) in [5.41, 5.74) is 2.45. The average molecular weight is 459 g/mol. The number of ether oxygens (including phenoxy) is 2. The Morgan fingerprint density at radius 2 is 1.94 bits per heavy atom. The maximum absolute atomic E-state index is 13.0. The van der Waals surface area contributed by atoms with E-state index in [0.717, 1.165) is 5.52 Å². The largest absolute Gasteiger partial charge is 0.454 e. The zero-order valence-corrected chi connectivity index (χ0v) is 18.9. The van der Waals surface area contributed by atoms with Crippen molar-refractivity contribution in [1.29, 1.82) is 0 Å². The number of esters is 1. The third-order valence-corrected chi connectivity index (χ3v) is 7.37. The summed E-state index contributed by atoms with van der Waals surface area (Å²) in [5, 5.41) is 2.98. The van der Waals surface area contributed by atoms with E-state index in [0.29, 0.717) is 55.4 Å². The Balaban J connectivity index is 1.59. The van der Waals surface area contributed by atoms with E-state index >= 15 is 0 Å². The smallest absolute Gasteiger partial charge is 0.340 e. The van der Waals surface area contributed by atoms with E-state index in [-0.39, 0.29) is 11.5 Å². The molecule has 2 heterocycles. The molecule has 0 atom stereocenters. The number of nitrogens with one attached hydrogen (secondary N) is 1. The summed E-state index contributed by atoms with van der Waals surface area (Å²) >= 11 is 0. The van der Waals surface area contributed by atoms with E-state index in [4.69, 9.17) is 9.47 Å². The third kappa shape index (κ3) is 4.21. The summed E-state index contributed by atoms with van der Waals surface area (Å²) < 4.78 is 40.1. The number of para-hydroxylation sites is 1. The van der Waals surface area contributed by atoms with Crippen LogP contribution in [0.25, 0.3) is 11.0 Å². The number of anilines is 1. The summed E-state index contributed by atoms with van der Waals surface area (Å²) in [6.45, 7) is 3.98. The minimum Gasteiger partial charge on any atom is -0.454 e. The number of carbonyl (C=O) groups is 1. The van der Waals surface area contributed by atoms with Crippen molar-refractivity contribution in [3.05, 3.63) is 53.9 Å². The molecule has 1 saturated heterocycles. The summed E-state index contributed by atoms with van der Waals surface area (Å²) in [4.78, 5) is 17.3. The van der Waals surface area contributed by atoms with Crippen LogP contribution in [0.1, 0.15) is 23.1 Å². The lowest BCUT2D eigenvalue weighted by molar-refractivity contribution is 0.0460. The predicted molar refractivity (Wildman–Crippen MR) is 120 cm³/mol. The van der Waals surface area contributed by atoms with Crippen LogP contribution in [-0.2, 0) is 32.6 Å². The Morgan fingerprint density at radius 1 is 1.19 bits per heavy atom. The molecule has 9 nitrogen and oxygen atoms in total. The number of sulfonamides is 1. The minimum atomic E-state index is -3.62. The molecule has 4 rings (SSSR count). The topological polar surface area (TPSA) is 103 Å². The molecule has 0 amide bonds. The molecule has 1 N–H and O–H groups in total. The normalized spacial score (nSPS) is 15.1. The Morgan fingerprint density at radius 3 is 2.66 bits per heavy atom. The fourth-order valence-corrected chi connectivity index (χ4v) is 5.23. The predicted octanol–water partition coefficient (Wildman–Crippen LogP) is 2.48. The van der Waals surface area contributed by atoms with Gasteiger partial charge in [0.1, 0.15) is 12.4 Å². The average Bonchev–Trinajstić information content (AvgIpc) is 3.19. The van der Waals surface area contributed by atoms with Crippen molar-refractivity contribution in [3.8, 4) is 0 Å². The number of fused-ring (bicyclic) bond motifs is 1. The van der Waals surface area contributed by atoms with Crippen LogP contribution in [-0.4, -0.2) is 61.6 Å². The Hall–Kier alpha value is -2.95. The van der Waals surface area contributed by atoms with Gasteiger partial charge in [-0.2, -0.15) is 4.31 Å². The minimum absolute atomic E-state index is 0.0229. The first-order chi connectivity index (χ1) is 15.5. The van der Waals surface area contributed by atoms with Gasteiger partial charge >= 0.3 is 5.97 Å². The van der Waals surface area contributed by atoms with Crippen molar-refractivity contribution in [2.24, 2.45) is 0 Å². The highest BCUT2D eigenvalue weighted by molar-refractivity contribution is 7.89. The lowest BCUT2D eigenvalue weighted by Gasteiger charge is -2.26. The van der Waals surface area contributed by atoms with Crippen LogP contribution < -0.4 is 5.32 Å². The molecule has 170 valence electrons. The highest BCUT2D eigenvalue weighted by Crippen LogP contribution is 2.24. The van der Waals surface area contributed by atoms with Crippen LogP contribution in [0.4, 0.5) is 5.69 Å². The highest BCUT2D eigenvalue weighted by Gasteiger charge is 2.27. The lowest BCUT2D eigenvalue weighted by atomic mass is 10.2. The van der Waals surface area contributed by atoms with Gasteiger partial charge in [0, 0.05) is 32.4 Å². The van der Waals surface area contributed by atoms with Crippen LogP contribution in [0.3, 0.4) is 0 Å². The monoisotopic (exact) mass is 458 g/mol. The Bertz CT molecular complexity index is 1230. The maximum atomic E-state index is 13.0. The van der Waals surface area contributed by atoms with Gasteiger partial charge in [-0.25, -0.2) is 18.2 Å². The Kier molecular flexibility index (Phi) is 6.45. The van der Waals surface area contributed by atoms with Gasteiger partial charge in [0.25, 0.3) is 0 Å². The molecule has 0 radical (unpaired) electrons. The molecule has 0 spiro atoms. The van der Waals surface area contributed by atoms with Crippen molar-refractivity contribution in [3.63, 3.8) is 0 Å². The summed E-state index contributed by atoms with van der Waals surface area (Å²) in [5.74, 6) is 0.0963. The van der Waals surface area contributed by atoms with E-state index < -0.39 is 16.0 Å². The standard InChI is InChI=1S/C22H26N4O5S/c1-3-26-20-9-8-16(32(28,29)25-10-12-30-13-11-25)14-19(20)24-21(26)15-31-22(27)17-6-4-5-7-18(17)23-2/h4-9,14,23H,3,10-13,15H2,1-2H3. The van der Waals surface area contributed by atoms with E-state index in [2.05, 4.69) is 10.3 Å². The van der Waals surface area contributed by atoms with Crippen molar-refractivity contribution in [1.82, 2.24) is 13.9 Å². The molecular weight excluding hydrogens is 432 g/mol. The van der Waals surface area contributed by atoms with Gasteiger partial charge in [0.15, 0.2) is 0 Å². The molecule has 1 fully saturated rings. The summed E-state index contributed by atoms with van der Waals surface area (Å²) in [6, 6.07) is 12.0. The fraction of sp³-hybridized carbons (Fsp3) is 0.364. The number of hydrogen-bond donors (Lipinski definition) is 1. The quantitative estimate of drug-likeness (QED) is 0.543. The number of aryl methyl sites for hydroxylation is 1. The molecule has 1 aliphatic heterocycles. The van der Waals surface area contributed by atoms with E-state index in [9.17, 15) is 13.2 Å². The van der Waals surface area contributed by atoms with E-state index in [1.54, 1.807) is 43.4 Å². The first-order valence-electron chi connectivity index (χ1n) is 10.5. The number of benzene rings is 2. The van der Waals surface area contributed by atoms with Crippen molar-refractivity contribution < 1.29 is 22.7 Å². The number of imidazole rings is 1. The number of nitrogens with zero attached hydrogens (tertiary/aromatic N) is 3. The molecule has 2 aromatic carbocycles. The first-order valence-corrected chi connectivity index (χ1v) is 11.9. The van der Waals surface area contributed by atoms with Crippen LogP contribution in [0.15, 0.2) is 47.4 Å². The lowest BCUT2D eigenvalue weighted by Crippen LogP contribution is -2.40. The van der Waals surface area contributed by atoms with Crippen LogP contribution in [0.5, 0.6) is 0 Å². The fourth-order valence-electron chi connectivity index (χ4n) is 3.81. The zero-order valence-electron chi connectivity index (χ0n) is 18.1. The van der Waals surface area contributed by atoms with Crippen LogP contribution >= 0.6 is 0 Å². The van der Waals surface area contributed by atoms with Crippen molar-refractivity contribution >= 4 is 32.7 Å². The maximum Gasteiger partial charge on any atom is 0.340 e. The third-order valence-electron chi connectivity index (χ3n) is 5.47. The van der Waals surface area contributed by atoms with Gasteiger partial charge in [0.05, 0.1) is 34.7 Å². The summed E-state index contributed by atoms with van der Waals surface area (Å²) in [7, 11) is -1.88. The number of morpholine rings is 1. The number of aromatic nitrogens is 2. The molecule has 32 heavy (non-hydrogen) atoms. The molecule has 0 aliphatic carbocycles. The van der Waals surface area contributed by atoms with E-state index in [1.165, 1.54) is 4.31 Å². The second kappa shape index (κ2) is 9.27. The van der Waals surface area contributed by atoms with E-state index in [1.807, 2.05) is 17.6 Å². The van der Waals surface area contributed by atoms with Gasteiger partial charge < -0.3 is 19.4 Å². The molecule has 0 unspecified atom stereocenters. The molecular formula is C22H26N4O5S. The zero-order chi connectivity index (χ0) is 22.7. The van der Waals surface area contributed by atoms with Gasteiger partial charge in [0.2, 0.25) is 10.0 Å². The van der Waals surface area contributed by atoms with Gasteiger partial charge in [-0.3, -0.25) is 0 Å². The molecule has 0 bridgehead atoms. The van der Waals surface area contributed by atoms with Gasteiger partial charge in [-0.1, -0.05) is 12.1 Å². The van der Waals surface area contributed by atoms with Crippen molar-refractivity contribution in [2.45, 2.75) is 25.0 Å².